The fourth-order valence-corrected chi connectivity index (χ4v) is 5.01. The summed E-state index contributed by atoms with van der Waals surface area (Å²) in [6.07, 6.45) is -2.12. The Hall–Kier alpha value is -4.62. The van der Waals surface area contributed by atoms with Crippen LogP contribution in [-0.2, 0) is 6.18 Å². The predicted octanol–water partition coefficient (Wildman–Crippen LogP) is 6.09. The van der Waals surface area contributed by atoms with Crippen LogP contribution >= 0.6 is 11.6 Å². The number of alkyl halides is 8. The lowest BCUT2D eigenvalue weighted by Gasteiger charge is -2.36. The maximum Gasteiger partial charge on any atom is 0.420 e. The Morgan fingerprint density at radius 3 is 2.33 bits per heavy atom. The van der Waals surface area contributed by atoms with Gasteiger partial charge in [-0.3, -0.25) is 15.0 Å². The summed E-state index contributed by atoms with van der Waals surface area (Å²) in [6, 6.07) is -2.12. The Kier molecular flexibility index (Phi) is 9.27. The van der Waals surface area contributed by atoms with Gasteiger partial charge < -0.3 is 10.6 Å². The van der Waals surface area contributed by atoms with Crippen LogP contribution in [0.25, 0.3) is 22.6 Å². The molecule has 12 nitrogen and oxygen atoms in total. The average molecular weight is 680 g/mol. The fourth-order valence-electron chi connectivity index (χ4n) is 4.83. The van der Waals surface area contributed by atoms with Crippen molar-refractivity contribution in [3.05, 3.63) is 47.8 Å². The highest BCUT2D eigenvalue weighted by Gasteiger charge is 2.38. The van der Waals surface area contributed by atoms with Crippen LogP contribution < -0.4 is 15.5 Å². The van der Waals surface area contributed by atoms with Crippen molar-refractivity contribution in [2.45, 2.75) is 56.7 Å². The van der Waals surface area contributed by atoms with Gasteiger partial charge in [-0.05, 0) is 25.7 Å². The summed E-state index contributed by atoms with van der Waals surface area (Å²) < 4.78 is 106. The molecule has 3 N–H and O–H groups in total. The second-order valence-corrected chi connectivity index (χ2v) is 10.5. The molecule has 0 atom stereocenters. The van der Waals surface area contributed by atoms with Crippen LogP contribution in [0, 0.1) is 0 Å². The molecule has 2 amide bonds. The molecule has 0 saturated heterocycles. The normalized spacial score (nSPS) is 17.3. The van der Waals surface area contributed by atoms with Gasteiger partial charge in [0.25, 0.3) is 0 Å². The van der Waals surface area contributed by atoms with Crippen molar-refractivity contribution < 1.29 is 39.9 Å². The van der Waals surface area contributed by atoms with E-state index in [4.69, 9.17) is 11.6 Å². The number of carbonyl (C=O) groups is 1. The lowest BCUT2D eigenvalue weighted by molar-refractivity contribution is -0.137. The number of aromatic amines is 1. The molecule has 21 heteroatoms. The third kappa shape index (κ3) is 7.60. The molecule has 1 aliphatic carbocycles. The van der Waals surface area contributed by atoms with E-state index in [1.165, 1.54) is 12.4 Å². The highest BCUT2D eigenvalue weighted by Crippen LogP contribution is 2.38. The Morgan fingerprint density at radius 1 is 1.02 bits per heavy atom. The highest BCUT2D eigenvalue weighted by atomic mass is 35.5. The van der Waals surface area contributed by atoms with Crippen LogP contribution in [0.3, 0.4) is 0 Å². The van der Waals surface area contributed by atoms with E-state index in [2.05, 4.69) is 40.5 Å². The van der Waals surface area contributed by atoms with Gasteiger partial charge in [0.05, 0.1) is 29.3 Å². The Bertz CT molecular complexity index is 1650. The first-order valence-corrected chi connectivity index (χ1v) is 13.8. The Balaban J connectivity index is 1.32. The van der Waals surface area contributed by atoms with Crippen LogP contribution in [0.2, 0.25) is 5.02 Å². The maximum atomic E-state index is 13.6. The summed E-state index contributed by atoms with van der Waals surface area (Å²) in [5.41, 5.74) is -1.58. The van der Waals surface area contributed by atoms with Crippen molar-refractivity contribution in [2.24, 2.45) is 0 Å². The number of nitrogens with zero attached hydrogens (tertiary/aromatic N) is 8. The van der Waals surface area contributed by atoms with E-state index < -0.39 is 48.8 Å². The average Bonchev–Trinajstić information content (AvgIpc) is 3.66. The smallest absolute Gasteiger partial charge is 0.351 e. The summed E-state index contributed by atoms with van der Waals surface area (Å²) in [5, 5.41) is 14.3. The topological polar surface area (TPSA) is 142 Å². The molecule has 1 aliphatic rings. The van der Waals surface area contributed by atoms with Gasteiger partial charge in [0, 0.05) is 36.2 Å². The molecular formula is C25H22ClF8N11O. The number of carbonyl (C=O) groups excluding carboxylic acids is 1. The van der Waals surface area contributed by atoms with E-state index in [0.29, 0.717) is 23.7 Å². The number of hydrogen-bond donors (Lipinski definition) is 3. The summed E-state index contributed by atoms with van der Waals surface area (Å²) in [5.74, 6) is -0.227. The number of anilines is 2. The van der Waals surface area contributed by atoms with Crippen LogP contribution in [0.1, 0.15) is 37.8 Å². The minimum Gasteiger partial charge on any atom is -0.351 e. The van der Waals surface area contributed by atoms with E-state index >= 15 is 0 Å². The van der Waals surface area contributed by atoms with Crippen molar-refractivity contribution in [3.8, 4) is 22.6 Å². The molecule has 1 fully saturated rings. The van der Waals surface area contributed by atoms with E-state index in [1.54, 1.807) is 0 Å². The number of nitrogens with one attached hydrogen (secondary N) is 3. The van der Waals surface area contributed by atoms with Crippen molar-refractivity contribution in [2.75, 3.05) is 16.8 Å². The number of urea groups is 1. The zero-order chi connectivity index (χ0) is 33.2. The third-order valence-electron chi connectivity index (χ3n) is 6.95. The first-order valence-electron chi connectivity index (χ1n) is 13.4. The predicted molar refractivity (Wildman–Crippen MR) is 146 cm³/mol. The lowest BCUT2D eigenvalue weighted by Crippen LogP contribution is -2.50. The monoisotopic (exact) mass is 679 g/mol. The molecule has 46 heavy (non-hydrogen) atoms. The highest BCUT2D eigenvalue weighted by molar-refractivity contribution is 6.32. The van der Waals surface area contributed by atoms with Crippen molar-refractivity contribution in [3.63, 3.8) is 0 Å². The molecule has 0 aliphatic heterocycles. The van der Waals surface area contributed by atoms with Crippen LogP contribution in [0.5, 0.6) is 0 Å². The Labute approximate surface area is 258 Å². The first kappa shape index (κ1) is 32.8. The molecule has 0 bridgehead atoms. The number of H-pyrrole nitrogens is 1. The Morgan fingerprint density at radius 2 is 1.76 bits per heavy atom. The van der Waals surface area contributed by atoms with E-state index in [9.17, 15) is 39.9 Å². The number of rotatable bonds is 8. The molecule has 246 valence electrons. The SMILES string of the molecule is O=C(NCC(F)(F)F)N(c1cnc(-c2cnn(C(F)F)c2)cn1)[C@H]1CC[C@H](Nc2ncc(C(F)(F)F)c(-c3n[nH]cc3Cl)n2)CC1. The van der Waals surface area contributed by atoms with Crippen molar-refractivity contribution in [1.29, 1.82) is 0 Å². The largest absolute Gasteiger partial charge is 0.420 e. The van der Waals surface area contributed by atoms with Gasteiger partial charge in [0.2, 0.25) is 5.95 Å². The van der Waals surface area contributed by atoms with Crippen molar-refractivity contribution in [1.82, 2.24) is 45.2 Å². The summed E-state index contributed by atoms with van der Waals surface area (Å²) in [6.45, 7) is -4.49. The lowest BCUT2D eigenvalue weighted by atomic mass is 9.90. The molecule has 4 aromatic rings. The third-order valence-corrected chi connectivity index (χ3v) is 7.24. The zero-order valence-electron chi connectivity index (χ0n) is 23.1. The minimum atomic E-state index is -4.79. The number of amides is 2. The van der Waals surface area contributed by atoms with Crippen LogP contribution in [0.4, 0.5) is 51.7 Å². The molecule has 4 heterocycles. The fraction of sp³-hybridized carbons (Fsp3) is 0.400. The van der Waals surface area contributed by atoms with Gasteiger partial charge in [-0.25, -0.2) is 24.4 Å². The molecule has 1 saturated carbocycles. The molecule has 5 rings (SSSR count). The van der Waals surface area contributed by atoms with E-state index in [0.717, 1.165) is 23.5 Å². The number of aromatic nitrogens is 8. The van der Waals surface area contributed by atoms with Gasteiger partial charge in [-0.1, -0.05) is 11.6 Å². The van der Waals surface area contributed by atoms with Gasteiger partial charge in [-0.15, -0.1) is 0 Å². The quantitative estimate of drug-likeness (QED) is 0.190. The number of hydrogen-bond acceptors (Lipinski definition) is 8. The van der Waals surface area contributed by atoms with Crippen LogP contribution in [0.15, 0.2) is 37.2 Å². The molecular weight excluding hydrogens is 658 g/mol. The standard InChI is InChI=1S/C25H22ClF8N11O/c26-16-7-39-43-20(16)19-15(25(32,33)34)6-37-22(42-19)41-13-1-3-14(4-2-13)45(23(46)38-11-24(29,30)31)18-9-35-17(8-36-18)12-5-40-44(10-12)21(27)28/h5-10,13-14,21H,1-4,11H2,(H,38,46)(H,39,43)(H,37,41,42)/t13-,14-. The molecule has 0 aromatic carbocycles. The van der Waals surface area contributed by atoms with E-state index in [1.807, 2.05) is 5.32 Å². The summed E-state index contributed by atoms with van der Waals surface area (Å²) in [7, 11) is 0. The van der Waals surface area contributed by atoms with Gasteiger partial charge in [0.15, 0.2) is 5.82 Å². The molecule has 0 spiro atoms. The minimum absolute atomic E-state index is 0.0843. The zero-order valence-corrected chi connectivity index (χ0v) is 23.9. The van der Waals surface area contributed by atoms with Gasteiger partial charge in [0.1, 0.15) is 23.5 Å². The molecule has 0 unspecified atom stereocenters. The summed E-state index contributed by atoms with van der Waals surface area (Å²) in [4.78, 5) is 30.1. The van der Waals surface area contributed by atoms with Crippen LogP contribution in [-0.4, -0.2) is 70.7 Å². The van der Waals surface area contributed by atoms with Crippen molar-refractivity contribution >= 4 is 29.4 Å². The second kappa shape index (κ2) is 13.0. The number of halogens is 9. The second-order valence-electron chi connectivity index (χ2n) is 10.1. The van der Waals surface area contributed by atoms with Gasteiger partial charge in [-0.2, -0.15) is 45.3 Å². The summed E-state index contributed by atoms with van der Waals surface area (Å²) >= 11 is 5.98. The maximum absolute atomic E-state index is 13.6. The van der Waals surface area contributed by atoms with E-state index in [-0.39, 0.29) is 52.6 Å². The van der Waals surface area contributed by atoms with Gasteiger partial charge >= 0.3 is 24.9 Å². The molecule has 0 radical (unpaired) electrons. The first-order chi connectivity index (χ1) is 21.7. The molecule has 4 aromatic heterocycles.